The lowest BCUT2D eigenvalue weighted by Crippen LogP contribution is -2.62. The first-order valence-corrected chi connectivity index (χ1v) is 42.9. The summed E-state index contributed by atoms with van der Waals surface area (Å²) in [5, 5.41) is 94.6. The van der Waals surface area contributed by atoms with E-state index < -0.39 is 215 Å². The van der Waals surface area contributed by atoms with Gasteiger partial charge in [0.15, 0.2) is 23.8 Å². The Morgan fingerprint density at radius 1 is 0.556 bits per heavy atom. The molecule has 12 bridgehead atoms. The summed E-state index contributed by atoms with van der Waals surface area (Å²) in [7, 11) is 2.36. The summed E-state index contributed by atoms with van der Waals surface area (Å²) in [5.41, 5.74) is -3.03. The fourth-order valence-electron chi connectivity index (χ4n) is 16.9. The number of hydrogen-bond donors (Lipinski definition) is 8. The summed E-state index contributed by atoms with van der Waals surface area (Å²) in [5.74, 6) is -9.56. The van der Waals surface area contributed by atoms with Crippen LogP contribution >= 0.6 is 0 Å². The Hall–Kier alpha value is -7.94. The Morgan fingerprint density at radius 3 is 1.42 bits per heavy atom. The normalized spacial score (nSPS) is 35.9. The highest BCUT2D eigenvalue weighted by Crippen LogP contribution is 2.54. The highest BCUT2D eigenvalue weighted by atomic mass is 16.7. The van der Waals surface area contributed by atoms with E-state index in [-0.39, 0.29) is 81.5 Å². The number of ether oxygens (including phenoxy) is 14. The maximum absolute atomic E-state index is 13.4. The van der Waals surface area contributed by atoms with Crippen LogP contribution in [0.25, 0.3) is 0 Å². The largest absolute Gasteiger partial charge is 0.466 e. The van der Waals surface area contributed by atoms with Crippen LogP contribution in [0.3, 0.4) is 0 Å². The van der Waals surface area contributed by atoms with E-state index in [0.717, 1.165) is 55.4 Å². The fourth-order valence-corrected chi connectivity index (χ4v) is 16.9. The summed E-state index contributed by atoms with van der Waals surface area (Å²) in [6.07, 6.45) is 3.78. The van der Waals surface area contributed by atoms with Crippen molar-refractivity contribution in [2.75, 3.05) is 14.2 Å². The first-order chi connectivity index (χ1) is 58.0. The van der Waals surface area contributed by atoms with Gasteiger partial charge in [-0.2, -0.15) is 9.59 Å². The zero-order valence-electron chi connectivity index (χ0n) is 74.9. The van der Waals surface area contributed by atoms with Crippen molar-refractivity contribution in [3.8, 4) is 11.8 Å². The number of methoxy groups -OCH3 is 2. The minimum atomic E-state index is -2.41. The van der Waals surface area contributed by atoms with Crippen LogP contribution in [0.1, 0.15) is 245 Å². The summed E-state index contributed by atoms with van der Waals surface area (Å²) in [6, 6.07) is 0. The van der Waals surface area contributed by atoms with Gasteiger partial charge in [-0.05, 0) is 83.3 Å². The van der Waals surface area contributed by atoms with Crippen molar-refractivity contribution in [3.63, 3.8) is 0 Å². The molecule has 0 saturated carbocycles. The Balaban J connectivity index is 0.000000372. The molecule has 0 aromatic carbocycles. The first-order valence-electron chi connectivity index (χ1n) is 42.9. The molecule has 0 spiro atoms. The maximum Gasteiger partial charge on any atom is 0.385 e. The van der Waals surface area contributed by atoms with E-state index in [9.17, 15) is 79.2 Å². The van der Waals surface area contributed by atoms with Crippen LogP contribution in [0.2, 0.25) is 0 Å². The molecule has 0 aromatic heterocycles. The number of rotatable bonds is 15. The van der Waals surface area contributed by atoms with Crippen molar-refractivity contribution >= 4 is 53.9 Å². The second-order valence-corrected chi connectivity index (χ2v) is 35.8. The van der Waals surface area contributed by atoms with Gasteiger partial charge in [-0.3, -0.25) is 19.2 Å². The van der Waals surface area contributed by atoms with E-state index in [0.29, 0.717) is 32.1 Å². The molecule has 8 heterocycles. The number of aliphatic hydroxyl groups is 8. The van der Waals surface area contributed by atoms with Crippen molar-refractivity contribution in [3.05, 3.63) is 95.7 Å². The molecule has 8 N–H and O–H groups in total. The van der Waals surface area contributed by atoms with Crippen LogP contribution in [-0.2, 0) is 114 Å². The van der Waals surface area contributed by atoms with Crippen LogP contribution in [0.15, 0.2) is 95.7 Å². The standard InChI is InChI=1S/C46H68O15.C45H66O15.CO2/c1-10-12-13-14-15-16-39(50)59-42-31(22-40(51)55-9)21-34-25-37(28(3)47)58-41(52)24-32(49)23-35-26-38(56-29(4)48)44(7,8)45(53,60-35)27-36-20-30(11-2)19-33(57-36)17-18-43(5,6)46(42,54)61-34;1-10-11-12-13-14-15-38(49)58-41-30(21-39(50)54-9)20-33-24-36(28(3)46)57-40(51)23-31(48)22-34-25-37(55-29(4)47)43(7,8)44(52,59-34)26-35-19-27(2)18-32(56-35)16-17-42(5,6)45(41,53)60-33;2-1-3/h11,13-18,22,28,32-38,42,47,49,53-54H,10,12,19-21,23-27H2,1-9H3;16-17,21,28,31-37,41,46,48,52-53H,2,10-13,18-20,22-26H2,1,3-9H3;/b14-13+,16-15+,18-17+,30-11-,31-22+;17-16+,30-21+;/t28-,32+,33+,34+,35-,36+,37?,38+,42+,45+,46-;28-,31+,32+,33+,34-,35+,36?,37+,41+,44+,45-;/m11./s1. The second kappa shape index (κ2) is 46.2. The molecule has 0 aliphatic carbocycles. The fraction of sp³-hybridized carbons (Fsp3) is 0.707. The van der Waals surface area contributed by atoms with Crippen LogP contribution < -0.4 is 0 Å². The Labute approximate surface area is 727 Å². The van der Waals surface area contributed by atoms with E-state index in [1.165, 1.54) is 54.1 Å². The second-order valence-electron chi connectivity index (χ2n) is 35.8. The predicted octanol–water partition coefficient (Wildman–Crippen LogP) is 8.95. The molecule has 32 nitrogen and oxygen atoms in total. The third-order valence-corrected chi connectivity index (χ3v) is 24.3. The zero-order chi connectivity index (χ0) is 92.7. The van der Waals surface area contributed by atoms with Crippen molar-refractivity contribution in [2.45, 2.75) is 378 Å². The molecule has 8 aliphatic rings. The molecule has 0 aromatic rings. The topological polar surface area (TPSA) is 462 Å². The van der Waals surface area contributed by atoms with Gasteiger partial charge in [0.2, 0.25) is 11.6 Å². The Morgan fingerprint density at radius 2 is 1.00 bits per heavy atom. The number of cyclic esters (lactones) is 2. The third-order valence-electron chi connectivity index (χ3n) is 24.3. The van der Waals surface area contributed by atoms with Crippen LogP contribution in [-0.4, -0.2) is 242 Å². The molecule has 124 heavy (non-hydrogen) atoms. The average molecular weight is 1750 g/mol. The molecule has 6 fully saturated rings. The lowest BCUT2D eigenvalue weighted by atomic mass is 9.70. The van der Waals surface area contributed by atoms with Crippen molar-refractivity contribution in [1.29, 1.82) is 0 Å². The minimum absolute atomic E-state index is 0.0524. The van der Waals surface area contributed by atoms with E-state index in [1.807, 2.05) is 32.9 Å². The predicted molar refractivity (Wildman–Crippen MR) is 443 cm³/mol. The number of unbranched alkanes of at least 4 members (excludes halogenated alkanes) is 4. The van der Waals surface area contributed by atoms with Crippen LogP contribution in [0.5, 0.6) is 0 Å². The van der Waals surface area contributed by atoms with Gasteiger partial charge in [-0.1, -0.05) is 161 Å². The van der Waals surface area contributed by atoms with E-state index >= 15 is 0 Å². The number of fused-ring (bicyclic) bond motifs is 12. The lowest BCUT2D eigenvalue weighted by Gasteiger charge is -2.53. The lowest BCUT2D eigenvalue weighted by molar-refractivity contribution is -0.349. The molecule has 6 saturated heterocycles. The molecular formula is C92H134O32. The molecular weight excluding hydrogens is 1620 g/mol. The molecule has 22 atom stereocenters. The molecule has 8 aliphatic heterocycles. The van der Waals surface area contributed by atoms with Crippen molar-refractivity contribution in [2.24, 2.45) is 21.7 Å². The summed E-state index contributed by atoms with van der Waals surface area (Å²) in [4.78, 5) is 120. The number of esters is 8. The van der Waals surface area contributed by atoms with Crippen molar-refractivity contribution in [1.82, 2.24) is 0 Å². The monoisotopic (exact) mass is 1750 g/mol. The van der Waals surface area contributed by atoms with Crippen LogP contribution in [0, 0.1) is 33.5 Å². The SMILES string of the molecule is C/C=C1\C[C@H]2C[C@]3(O)O[C@H](C[C@H](O)CC(=O)OC([C@@H](C)O)C[C@@H]4C/C(=C\C(=O)OC)[C@H](OC(=O)/C=C/C=C/CCC)[C@@](O)(O4)C(C)(C)/C=C/[C@@H](C1)O2)C[C@H](OC(C)=O)C3(C)C.C=C1C[C@H]2C[C@]3(O)O[C@H](C[C@H](O)CC(=O)OC([C@@H](C)O)C[C@@H]4C/C(=C\C(=O)OC)[C@H](OC(=O)C#CCCCCC)[C@@](O)(O4)C(C)(C)/C=C/[C@@H](C1)O2)C[C@H](OC(C)=O)C3(C)C.O=C=O. The van der Waals surface area contributed by atoms with Gasteiger partial charge < -0.3 is 107 Å². The zero-order valence-corrected chi connectivity index (χ0v) is 74.9. The van der Waals surface area contributed by atoms with Gasteiger partial charge in [0.1, 0.15) is 24.4 Å². The third kappa shape index (κ3) is 28.5. The number of hydrogen-bond acceptors (Lipinski definition) is 32. The van der Waals surface area contributed by atoms with Crippen molar-refractivity contribution < 1.29 is 155 Å². The molecule has 32 heteroatoms. The molecule has 694 valence electrons. The maximum atomic E-state index is 13.4. The summed E-state index contributed by atoms with van der Waals surface area (Å²) >= 11 is 0. The first kappa shape index (κ1) is 105. The Kier molecular flexibility index (Phi) is 39.0. The van der Waals surface area contributed by atoms with E-state index in [4.69, 9.17) is 75.9 Å². The quantitative estimate of drug-likeness (QED) is 0.0111. The van der Waals surface area contributed by atoms with Gasteiger partial charge in [0, 0.05) is 107 Å². The van der Waals surface area contributed by atoms with Crippen LogP contribution in [0.4, 0.5) is 0 Å². The smallest absolute Gasteiger partial charge is 0.385 e. The highest BCUT2D eigenvalue weighted by molar-refractivity contribution is 5.89. The van der Waals surface area contributed by atoms with Gasteiger partial charge in [-0.25, -0.2) is 19.2 Å². The highest BCUT2D eigenvalue weighted by Gasteiger charge is 2.63. The van der Waals surface area contributed by atoms with Gasteiger partial charge in [0.25, 0.3) is 0 Å². The summed E-state index contributed by atoms with van der Waals surface area (Å²) < 4.78 is 83.4. The number of carbonyl (C=O) groups is 8. The molecule has 8 rings (SSSR count). The van der Waals surface area contributed by atoms with E-state index in [1.54, 1.807) is 85.8 Å². The van der Waals surface area contributed by atoms with Gasteiger partial charge >= 0.3 is 53.9 Å². The Bertz CT molecular complexity index is 3990. The van der Waals surface area contributed by atoms with E-state index in [2.05, 4.69) is 18.4 Å². The average Bonchev–Trinajstić information content (AvgIpc) is 0.745. The number of carbonyl (C=O) groups excluding carboxylic acids is 10. The molecule has 0 radical (unpaired) electrons. The molecule has 0 amide bonds. The van der Waals surface area contributed by atoms with Gasteiger partial charge in [0.05, 0.1) is 111 Å². The van der Waals surface area contributed by atoms with Gasteiger partial charge in [-0.15, -0.1) is 0 Å². The summed E-state index contributed by atoms with van der Waals surface area (Å²) in [6.45, 7) is 29.1. The number of aliphatic hydroxyl groups excluding tert-OH is 4. The number of allylic oxidation sites excluding steroid dienone is 4. The minimum Gasteiger partial charge on any atom is -0.466 e. The molecule has 2 unspecified atom stereocenters.